The van der Waals surface area contributed by atoms with Gasteiger partial charge in [0.05, 0.1) is 21.4 Å². The summed E-state index contributed by atoms with van der Waals surface area (Å²) in [5.74, 6) is 1.38. The van der Waals surface area contributed by atoms with Crippen molar-refractivity contribution in [3.63, 3.8) is 0 Å². The second-order valence-electron chi connectivity index (χ2n) is 6.17. The normalized spacial score (nSPS) is 15.2. The molecule has 1 aromatic carbocycles. The minimum Gasteiger partial charge on any atom is -0.478 e. The highest BCUT2D eigenvalue weighted by molar-refractivity contribution is 8.01. The molecule has 3 rings (SSSR count). The highest BCUT2D eigenvalue weighted by Gasteiger charge is 2.51. The summed E-state index contributed by atoms with van der Waals surface area (Å²) in [7, 11) is 0. The van der Waals surface area contributed by atoms with Gasteiger partial charge in [0.15, 0.2) is 5.13 Å². The van der Waals surface area contributed by atoms with Gasteiger partial charge in [-0.05, 0) is 49.6 Å². The lowest BCUT2D eigenvalue weighted by molar-refractivity contribution is -0.119. The molecule has 28 heavy (non-hydrogen) atoms. The smallest absolute Gasteiger partial charge is 0.336 e. The van der Waals surface area contributed by atoms with Crippen LogP contribution in [0.1, 0.15) is 30.1 Å². The van der Waals surface area contributed by atoms with E-state index in [1.807, 2.05) is 13.0 Å². The lowest BCUT2D eigenvalue weighted by Gasteiger charge is -2.15. The second-order valence-corrected chi connectivity index (χ2v) is 8.54. The first-order valence-corrected chi connectivity index (χ1v) is 10.2. The molecule has 7 heteroatoms. The number of aromatic nitrogens is 1. The van der Waals surface area contributed by atoms with Crippen molar-refractivity contribution in [2.75, 3.05) is 5.32 Å². The first kappa shape index (κ1) is 19.9. The Morgan fingerprint density at radius 1 is 1.39 bits per heavy atom. The fourth-order valence-corrected chi connectivity index (χ4v) is 4.82. The molecule has 1 saturated carbocycles. The quantitative estimate of drug-likeness (QED) is 0.504. The van der Waals surface area contributed by atoms with E-state index >= 15 is 0 Å². The van der Waals surface area contributed by atoms with Gasteiger partial charge in [0.1, 0.15) is 0 Å². The number of carbonyl (C=O) groups is 2. The number of hydrogen-bond acceptors (Lipinski definition) is 5. The van der Waals surface area contributed by atoms with Gasteiger partial charge in [0, 0.05) is 4.90 Å². The fraction of sp³-hybridized carbons (Fsp3) is 0.190. The van der Waals surface area contributed by atoms with Crippen molar-refractivity contribution in [2.45, 2.75) is 28.9 Å². The maximum atomic E-state index is 12.8. The molecule has 142 valence electrons. The molecule has 1 heterocycles. The zero-order valence-corrected chi connectivity index (χ0v) is 16.8. The summed E-state index contributed by atoms with van der Waals surface area (Å²) in [6.45, 7) is 1.89. The fourth-order valence-electron chi connectivity index (χ4n) is 2.86. The first-order chi connectivity index (χ1) is 13.5. The third-order valence-corrected chi connectivity index (χ3v) is 6.53. The average molecular weight is 411 g/mol. The lowest BCUT2D eigenvalue weighted by Crippen LogP contribution is -2.25. The molecule has 1 aliphatic carbocycles. The zero-order valence-electron chi connectivity index (χ0n) is 15.1. The number of thiazole rings is 1. The Morgan fingerprint density at radius 2 is 2.14 bits per heavy atom. The molecule has 1 aliphatic rings. The maximum absolute atomic E-state index is 12.8. The summed E-state index contributed by atoms with van der Waals surface area (Å²) >= 11 is 2.63. The average Bonchev–Trinajstić information content (AvgIpc) is 3.38. The molecule has 1 aromatic heterocycles. The number of hydrogen-bond donors (Lipinski definition) is 2. The van der Waals surface area contributed by atoms with Gasteiger partial charge in [-0.15, -0.1) is 6.42 Å². The maximum Gasteiger partial charge on any atom is 0.336 e. The van der Waals surface area contributed by atoms with Crippen LogP contribution in [0.25, 0.3) is 0 Å². The molecule has 5 nitrogen and oxygen atoms in total. The van der Waals surface area contributed by atoms with E-state index in [1.54, 1.807) is 42.6 Å². The molecule has 2 aromatic rings. The molecular formula is C21H18N2O3S2. The molecule has 0 bridgehead atoms. The van der Waals surface area contributed by atoms with Crippen LogP contribution in [0.4, 0.5) is 5.13 Å². The molecule has 0 atom stereocenters. The van der Waals surface area contributed by atoms with Crippen LogP contribution in [-0.4, -0.2) is 22.0 Å². The Morgan fingerprint density at radius 3 is 2.79 bits per heavy atom. The first-order valence-electron chi connectivity index (χ1n) is 8.57. The number of aromatic carboxylic acids is 1. The predicted molar refractivity (Wildman–Crippen MR) is 112 cm³/mol. The van der Waals surface area contributed by atoms with E-state index in [1.165, 1.54) is 23.1 Å². The van der Waals surface area contributed by atoms with Gasteiger partial charge >= 0.3 is 5.97 Å². The van der Waals surface area contributed by atoms with Gasteiger partial charge in [0.25, 0.3) is 0 Å². The van der Waals surface area contributed by atoms with Crippen LogP contribution in [0.15, 0.2) is 63.4 Å². The van der Waals surface area contributed by atoms with Crippen molar-refractivity contribution in [1.29, 1.82) is 0 Å². The van der Waals surface area contributed by atoms with Crippen LogP contribution in [0, 0.1) is 17.8 Å². The highest BCUT2D eigenvalue weighted by Crippen LogP contribution is 2.53. The highest BCUT2D eigenvalue weighted by atomic mass is 32.2. The standard InChI is InChI=1S/C21H18N2O3S2/c1-3-5-8-14(4-2)21(11-12-21)19(26)23-20-22-13-17(28-20)27-16-10-7-6-9-15(16)18(24)25/h1,4-10,13H,11-12H2,2H3,(H,24,25)(H,22,23,26)/b8-5-,14-4+. The number of nitrogens with one attached hydrogen (secondary N) is 1. The molecule has 1 fully saturated rings. The number of benzene rings is 1. The molecule has 2 N–H and O–H groups in total. The van der Waals surface area contributed by atoms with Crippen LogP contribution < -0.4 is 5.32 Å². The van der Waals surface area contributed by atoms with Crippen LogP contribution in [0.2, 0.25) is 0 Å². The van der Waals surface area contributed by atoms with Crippen LogP contribution in [-0.2, 0) is 4.79 Å². The molecular weight excluding hydrogens is 392 g/mol. The second kappa shape index (κ2) is 8.46. The lowest BCUT2D eigenvalue weighted by atomic mass is 9.94. The summed E-state index contributed by atoms with van der Waals surface area (Å²) in [6.07, 6.45) is 13.8. The van der Waals surface area contributed by atoms with Gasteiger partial charge in [-0.1, -0.05) is 47.2 Å². The van der Waals surface area contributed by atoms with Gasteiger partial charge in [-0.25, -0.2) is 9.78 Å². The van der Waals surface area contributed by atoms with Crippen LogP contribution in [0.5, 0.6) is 0 Å². The van der Waals surface area contributed by atoms with Crippen molar-refractivity contribution < 1.29 is 14.7 Å². The van der Waals surface area contributed by atoms with Crippen molar-refractivity contribution in [2.24, 2.45) is 5.41 Å². The minimum absolute atomic E-state index is 0.0980. The van der Waals surface area contributed by atoms with E-state index in [0.717, 1.165) is 22.6 Å². The van der Waals surface area contributed by atoms with Crippen molar-refractivity contribution >= 4 is 40.1 Å². The van der Waals surface area contributed by atoms with E-state index < -0.39 is 11.4 Å². The van der Waals surface area contributed by atoms with E-state index in [0.29, 0.717) is 10.0 Å². The van der Waals surface area contributed by atoms with Crippen molar-refractivity contribution in [3.8, 4) is 12.3 Å². The monoisotopic (exact) mass is 410 g/mol. The summed E-state index contributed by atoms with van der Waals surface area (Å²) in [4.78, 5) is 29.1. The number of nitrogens with zero attached hydrogens (tertiary/aromatic N) is 1. The van der Waals surface area contributed by atoms with Gasteiger partial charge in [0.2, 0.25) is 5.91 Å². The molecule has 0 saturated heterocycles. The minimum atomic E-state index is -0.976. The van der Waals surface area contributed by atoms with E-state index in [2.05, 4.69) is 16.2 Å². The van der Waals surface area contributed by atoms with Crippen molar-refractivity contribution in [1.82, 2.24) is 4.98 Å². The largest absolute Gasteiger partial charge is 0.478 e. The molecule has 0 spiro atoms. The molecule has 0 unspecified atom stereocenters. The number of carbonyl (C=O) groups excluding carboxylic acids is 1. The molecule has 1 amide bonds. The number of amides is 1. The number of carboxylic acid groups (broad SMARTS) is 1. The van der Waals surface area contributed by atoms with E-state index in [9.17, 15) is 14.7 Å². The number of terminal acetylenes is 1. The van der Waals surface area contributed by atoms with Gasteiger partial charge in [-0.3, -0.25) is 4.79 Å². The SMILES string of the molecule is C#C/C=C\C(=C/C)C1(C(=O)Nc2ncc(Sc3ccccc3C(=O)O)s2)CC1. The van der Waals surface area contributed by atoms with Crippen LogP contribution >= 0.6 is 23.1 Å². The van der Waals surface area contributed by atoms with Crippen molar-refractivity contribution in [3.05, 3.63) is 59.8 Å². The Kier molecular flexibility index (Phi) is 6.02. The predicted octanol–water partition coefficient (Wildman–Crippen LogP) is 4.85. The number of anilines is 1. The van der Waals surface area contributed by atoms with Crippen LogP contribution in [0.3, 0.4) is 0 Å². The summed E-state index contributed by atoms with van der Waals surface area (Å²) in [6, 6.07) is 6.79. The number of carboxylic acids is 1. The summed E-state index contributed by atoms with van der Waals surface area (Å²) in [5.41, 5.74) is 0.600. The third-order valence-electron chi connectivity index (χ3n) is 4.44. The molecule has 0 aliphatic heterocycles. The van der Waals surface area contributed by atoms with Gasteiger partial charge in [-0.2, -0.15) is 0 Å². The van der Waals surface area contributed by atoms with Gasteiger partial charge < -0.3 is 10.4 Å². The topological polar surface area (TPSA) is 79.3 Å². The Bertz CT molecular complexity index is 1010. The molecule has 0 radical (unpaired) electrons. The zero-order chi connectivity index (χ0) is 20.1. The summed E-state index contributed by atoms with van der Waals surface area (Å²) < 4.78 is 0.798. The Hall–Kier alpha value is -2.82. The third kappa shape index (κ3) is 4.19. The van der Waals surface area contributed by atoms with E-state index in [4.69, 9.17) is 6.42 Å². The Labute approximate surface area is 171 Å². The number of rotatable bonds is 7. The Balaban J connectivity index is 1.72. The van der Waals surface area contributed by atoms with E-state index in [-0.39, 0.29) is 11.5 Å². The summed E-state index contributed by atoms with van der Waals surface area (Å²) in [5, 5.41) is 12.7. The number of allylic oxidation sites excluding steroid dienone is 3.